The van der Waals surface area contributed by atoms with E-state index in [1.54, 1.807) is 42.5 Å². The second kappa shape index (κ2) is 8.13. The van der Waals surface area contributed by atoms with Crippen LogP contribution in [0.15, 0.2) is 64.4 Å². The van der Waals surface area contributed by atoms with Crippen molar-refractivity contribution in [2.24, 2.45) is 16.1 Å². The van der Waals surface area contributed by atoms with Crippen molar-refractivity contribution in [3.05, 3.63) is 65.2 Å². The first-order chi connectivity index (χ1) is 13.1. The van der Waals surface area contributed by atoms with E-state index in [9.17, 15) is 9.90 Å². The highest BCUT2D eigenvalue weighted by molar-refractivity contribution is 6.04. The highest BCUT2D eigenvalue weighted by Crippen LogP contribution is 2.35. The van der Waals surface area contributed by atoms with Crippen molar-refractivity contribution in [3.63, 3.8) is 0 Å². The number of nitrogens with zero attached hydrogens (tertiary/aromatic N) is 2. The van der Waals surface area contributed by atoms with Crippen LogP contribution in [0.4, 0.5) is 5.69 Å². The van der Waals surface area contributed by atoms with E-state index in [4.69, 9.17) is 16.0 Å². The molecule has 0 radical (unpaired) electrons. The molecule has 1 amide bonds. The van der Waals surface area contributed by atoms with Gasteiger partial charge in [-0.2, -0.15) is 5.53 Å². The molecule has 0 atom stereocenters. The summed E-state index contributed by atoms with van der Waals surface area (Å²) in [6, 6.07) is 13.6. The van der Waals surface area contributed by atoms with Crippen molar-refractivity contribution in [1.82, 2.24) is 0 Å². The van der Waals surface area contributed by atoms with Crippen LogP contribution < -0.4 is 15.8 Å². The molecule has 2 aromatic rings. The lowest BCUT2D eigenvalue weighted by molar-refractivity contribution is 0.102. The van der Waals surface area contributed by atoms with Crippen LogP contribution in [0, 0.1) is 5.53 Å². The van der Waals surface area contributed by atoms with Gasteiger partial charge in [-0.3, -0.25) is 4.79 Å². The van der Waals surface area contributed by atoms with Crippen LogP contribution in [0.2, 0.25) is 0 Å². The topological polar surface area (TPSA) is 133 Å². The van der Waals surface area contributed by atoms with Gasteiger partial charge < -0.3 is 20.9 Å². The quantitative estimate of drug-likeness (QED) is 0.196. The van der Waals surface area contributed by atoms with E-state index in [0.717, 1.165) is 18.4 Å². The molecule has 0 heterocycles. The van der Waals surface area contributed by atoms with Crippen LogP contribution >= 0.6 is 0 Å². The van der Waals surface area contributed by atoms with Crippen molar-refractivity contribution in [1.29, 1.82) is 5.53 Å². The highest BCUT2D eigenvalue weighted by atomic mass is 16.5. The number of ether oxygens (including phenoxy) is 1. The zero-order chi connectivity index (χ0) is 19.2. The van der Waals surface area contributed by atoms with Gasteiger partial charge in [0.2, 0.25) is 0 Å². The summed E-state index contributed by atoms with van der Waals surface area (Å²) in [6.45, 7) is -0.000283. The Morgan fingerprint density at radius 2 is 1.93 bits per heavy atom. The minimum Gasteiger partial charge on any atom is -0.507 e. The zero-order valence-electron chi connectivity index (χ0n) is 14.5. The summed E-state index contributed by atoms with van der Waals surface area (Å²) in [5, 5.41) is 19.1. The van der Waals surface area contributed by atoms with Crippen molar-refractivity contribution >= 4 is 23.2 Å². The zero-order valence-corrected chi connectivity index (χ0v) is 14.5. The van der Waals surface area contributed by atoms with Crippen LogP contribution in [0.1, 0.15) is 28.8 Å². The van der Waals surface area contributed by atoms with Crippen molar-refractivity contribution < 1.29 is 14.6 Å². The summed E-state index contributed by atoms with van der Waals surface area (Å²) in [5.41, 5.74) is 14.9. The first-order valence-corrected chi connectivity index (χ1v) is 8.31. The number of nitrogens with two attached hydrogens (primary N) is 1. The van der Waals surface area contributed by atoms with Crippen LogP contribution in [-0.4, -0.2) is 23.5 Å². The number of nitrogens with one attached hydrogen (secondary N) is 2. The SMILES string of the molecule is N=NN=C(N)COc1ccc(C(=O)Nc2cccc(C(O)=C3CC3)c2)cc1. The first-order valence-electron chi connectivity index (χ1n) is 8.31. The number of amidine groups is 1. The van der Waals surface area contributed by atoms with E-state index >= 15 is 0 Å². The summed E-state index contributed by atoms with van der Waals surface area (Å²) >= 11 is 0. The number of hydrogen-bond acceptors (Lipinski definition) is 5. The predicted molar refractivity (Wildman–Crippen MR) is 102 cm³/mol. The number of anilines is 1. The summed E-state index contributed by atoms with van der Waals surface area (Å²) in [7, 11) is 0. The molecule has 8 nitrogen and oxygen atoms in total. The number of aliphatic hydroxyl groups is 1. The van der Waals surface area contributed by atoms with Gasteiger partial charge in [-0.25, -0.2) is 0 Å². The number of rotatable bonds is 7. The normalized spacial score (nSPS) is 13.0. The van der Waals surface area contributed by atoms with Crippen LogP contribution in [0.25, 0.3) is 5.76 Å². The number of allylic oxidation sites excluding steroid dienone is 1. The molecule has 138 valence electrons. The lowest BCUT2D eigenvalue weighted by atomic mass is 10.1. The Morgan fingerprint density at radius 1 is 1.19 bits per heavy atom. The smallest absolute Gasteiger partial charge is 0.255 e. The lowest BCUT2D eigenvalue weighted by Gasteiger charge is -2.09. The Balaban J connectivity index is 1.63. The number of hydrogen-bond donors (Lipinski definition) is 4. The average Bonchev–Trinajstić information content (AvgIpc) is 3.52. The molecule has 2 aromatic carbocycles. The fraction of sp³-hybridized carbons (Fsp3) is 0.158. The van der Waals surface area contributed by atoms with E-state index in [1.807, 2.05) is 6.07 Å². The second-order valence-corrected chi connectivity index (χ2v) is 5.99. The van der Waals surface area contributed by atoms with Gasteiger partial charge in [0.1, 0.15) is 18.1 Å². The molecule has 0 unspecified atom stereocenters. The summed E-state index contributed by atoms with van der Waals surface area (Å²) in [6.07, 6.45) is 1.85. The number of carbonyl (C=O) groups is 1. The molecule has 1 aliphatic carbocycles. The molecule has 0 aromatic heterocycles. The maximum atomic E-state index is 12.4. The Labute approximate surface area is 155 Å². The minimum atomic E-state index is -0.272. The molecule has 27 heavy (non-hydrogen) atoms. The number of amides is 1. The lowest BCUT2D eigenvalue weighted by Crippen LogP contribution is -2.20. The van der Waals surface area contributed by atoms with Crippen molar-refractivity contribution in [3.8, 4) is 5.75 Å². The van der Waals surface area contributed by atoms with Gasteiger partial charge in [-0.15, -0.1) is 5.10 Å². The molecule has 0 bridgehead atoms. The second-order valence-electron chi connectivity index (χ2n) is 5.99. The average molecular weight is 365 g/mol. The van der Waals surface area contributed by atoms with Crippen LogP contribution in [-0.2, 0) is 0 Å². The molecular formula is C19H19N5O3. The third kappa shape index (κ3) is 4.91. The maximum Gasteiger partial charge on any atom is 0.255 e. The van der Waals surface area contributed by atoms with Crippen LogP contribution in [0.3, 0.4) is 0 Å². The summed E-state index contributed by atoms with van der Waals surface area (Å²) in [5.74, 6) is 0.619. The Hall–Kier alpha value is -3.68. The molecule has 8 heteroatoms. The van der Waals surface area contributed by atoms with Crippen molar-refractivity contribution in [2.45, 2.75) is 12.8 Å². The van der Waals surface area contributed by atoms with Crippen LogP contribution in [0.5, 0.6) is 5.75 Å². The standard InChI is InChI=1S/C19H19N5O3/c20-17(23-24-21)11-27-16-8-6-13(7-9-16)19(26)22-15-3-1-2-14(10-15)18(25)12-4-5-12/h1-3,6-10,25H,4-5,11H2,(H,22,26)(H3,20,21,23). The van der Waals surface area contributed by atoms with E-state index in [0.29, 0.717) is 28.3 Å². The van der Waals surface area contributed by atoms with E-state index < -0.39 is 0 Å². The number of aliphatic hydroxyl groups excluding tert-OH is 1. The van der Waals surface area contributed by atoms with Crippen molar-refractivity contribution in [2.75, 3.05) is 11.9 Å². The molecule has 0 saturated heterocycles. The van der Waals surface area contributed by atoms with Gasteiger partial charge in [-0.1, -0.05) is 17.4 Å². The number of benzene rings is 2. The highest BCUT2D eigenvalue weighted by Gasteiger charge is 2.18. The Kier molecular flexibility index (Phi) is 5.46. The Morgan fingerprint density at radius 3 is 2.59 bits per heavy atom. The minimum absolute atomic E-state index is 0.000283. The predicted octanol–water partition coefficient (Wildman–Crippen LogP) is 3.68. The molecule has 1 fully saturated rings. The fourth-order valence-corrected chi connectivity index (χ4v) is 2.40. The number of carbonyl (C=O) groups excluding carboxylic acids is 1. The van der Waals surface area contributed by atoms with E-state index in [-0.39, 0.29) is 18.3 Å². The fourth-order valence-electron chi connectivity index (χ4n) is 2.40. The van der Waals surface area contributed by atoms with Gasteiger partial charge in [0.15, 0.2) is 5.84 Å². The van der Waals surface area contributed by atoms with Gasteiger partial charge in [0.05, 0.1) is 0 Å². The maximum absolute atomic E-state index is 12.4. The molecule has 0 aliphatic heterocycles. The molecule has 1 aliphatic rings. The molecule has 1 saturated carbocycles. The van der Waals surface area contributed by atoms with Gasteiger partial charge in [0, 0.05) is 16.8 Å². The Bertz CT molecular complexity index is 913. The molecule has 0 spiro atoms. The first kappa shape index (κ1) is 18.1. The van der Waals surface area contributed by atoms with Gasteiger partial charge in [-0.05, 0) is 54.8 Å². The third-order valence-electron chi connectivity index (χ3n) is 3.91. The summed E-state index contributed by atoms with van der Waals surface area (Å²) < 4.78 is 5.38. The monoisotopic (exact) mass is 365 g/mol. The van der Waals surface area contributed by atoms with Gasteiger partial charge in [0.25, 0.3) is 5.91 Å². The summed E-state index contributed by atoms with van der Waals surface area (Å²) in [4.78, 5) is 12.4. The van der Waals surface area contributed by atoms with E-state index in [1.165, 1.54) is 0 Å². The molecular weight excluding hydrogens is 346 g/mol. The van der Waals surface area contributed by atoms with E-state index in [2.05, 4.69) is 15.6 Å². The third-order valence-corrected chi connectivity index (χ3v) is 3.91. The molecule has 3 rings (SSSR count). The molecule has 5 N–H and O–H groups in total. The largest absolute Gasteiger partial charge is 0.507 e. The van der Waals surface area contributed by atoms with Gasteiger partial charge >= 0.3 is 0 Å².